The summed E-state index contributed by atoms with van der Waals surface area (Å²) in [5.74, 6) is 0.0408. The number of halogens is 2. The van der Waals surface area contributed by atoms with E-state index >= 15 is 0 Å². The molecule has 4 nitrogen and oxygen atoms in total. The number of hydrogen-bond donors (Lipinski definition) is 2. The highest BCUT2D eigenvalue weighted by Gasteiger charge is 2.04. The van der Waals surface area contributed by atoms with Crippen molar-refractivity contribution < 1.29 is 4.79 Å². The summed E-state index contributed by atoms with van der Waals surface area (Å²) in [6.07, 6.45) is 2.26. The van der Waals surface area contributed by atoms with Crippen molar-refractivity contribution in [2.24, 2.45) is 0 Å². The zero-order chi connectivity index (χ0) is 12.8. The molecule has 110 valence electrons. The van der Waals surface area contributed by atoms with Crippen molar-refractivity contribution in [1.82, 2.24) is 15.6 Å². The Hall–Kier alpha value is -1.36. The van der Waals surface area contributed by atoms with Crippen LogP contribution in [0.2, 0.25) is 0 Å². The van der Waals surface area contributed by atoms with Gasteiger partial charge in [-0.3, -0.25) is 9.78 Å². The number of carbonyl (C=O) groups is 1. The van der Waals surface area contributed by atoms with Gasteiger partial charge in [-0.1, -0.05) is 24.3 Å². The second kappa shape index (κ2) is 9.53. The maximum atomic E-state index is 11.5. The Labute approximate surface area is 131 Å². The third-order valence-electron chi connectivity index (χ3n) is 2.81. The molecule has 0 saturated carbocycles. The smallest absolute Gasteiger partial charge is 0.221 e. The van der Waals surface area contributed by atoms with Crippen LogP contribution in [0.4, 0.5) is 0 Å². The number of amides is 1. The van der Waals surface area contributed by atoms with E-state index < -0.39 is 0 Å². The minimum atomic E-state index is 0. The molecule has 0 aliphatic heterocycles. The summed E-state index contributed by atoms with van der Waals surface area (Å²) >= 11 is 0. The van der Waals surface area contributed by atoms with E-state index in [1.165, 1.54) is 0 Å². The summed E-state index contributed by atoms with van der Waals surface area (Å²) in [4.78, 5) is 15.9. The van der Waals surface area contributed by atoms with Crippen LogP contribution < -0.4 is 10.6 Å². The Balaban J connectivity index is 0.00000180. The molecule has 0 unspecified atom stereocenters. The van der Waals surface area contributed by atoms with Crippen LogP contribution in [0.1, 0.15) is 12.1 Å². The second-order valence-electron chi connectivity index (χ2n) is 4.11. The first-order valence-electron chi connectivity index (χ1n) is 6.05. The van der Waals surface area contributed by atoms with Crippen molar-refractivity contribution in [3.05, 3.63) is 42.2 Å². The Bertz CT molecular complexity index is 543. The molecule has 2 N–H and O–H groups in total. The van der Waals surface area contributed by atoms with Crippen molar-refractivity contribution >= 4 is 41.5 Å². The van der Waals surface area contributed by atoms with Gasteiger partial charge < -0.3 is 10.6 Å². The monoisotopic (exact) mass is 315 g/mol. The third-order valence-corrected chi connectivity index (χ3v) is 2.81. The maximum Gasteiger partial charge on any atom is 0.221 e. The Morgan fingerprint density at radius 3 is 2.70 bits per heavy atom. The predicted molar refractivity (Wildman–Crippen MR) is 86.6 cm³/mol. The van der Waals surface area contributed by atoms with Gasteiger partial charge in [-0.2, -0.15) is 0 Å². The number of carbonyl (C=O) groups excluding carboxylic acids is 1. The van der Waals surface area contributed by atoms with E-state index in [1.54, 1.807) is 6.20 Å². The summed E-state index contributed by atoms with van der Waals surface area (Å²) < 4.78 is 0. The molecule has 0 saturated heterocycles. The van der Waals surface area contributed by atoms with Crippen LogP contribution in [0.5, 0.6) is 0 Å². The number of hydrogen-bond acceptors (Lipinski definition) is 3. The molecule has 0 atom stereocenters. The first-order chi connectivity index (χ1) is 8.81. The quantitative estimate of drug-likeness (QED) is 0.890. The molecule has 1 amide bonds. The fourth-order valence-electron chi connectivity index (χ4n) is 1.83. The molecule has 0 aliphatic carbocycles. The van der Waals surface area contributed by atoms with Crippen LogP contribution in [-0.4, -0.2) is 24.5 Å². The van der Waals surface area contributed by atoms with Gasteiger partial charge in [0.25, 0.3) is 0 Å². The van der Waals surface area contributed by atoms with E-state index in [4.69, 9.17) is 0 Å². The lowest BCUT2D eigenvalue weighted by Gasteiger charge is -2.07. The Morgan fingerprint density at radius 2 is 1.95 bits per heavy atom. The van der Waals surface area contributed by atoms with Gasteiger partial charge in [0.05, 0.1) is 12.2 Å². The summed E-state index contributed by atoms with van der Waals surface area (Å²) in [6, 6.07) is 10.0. The minimum absolute atomic E-state index is 0. The minimum Gasteiger partial charge on any atom is -0.350 e. The number of benzene rings is 1. The van der Waals surface area contributed by atoms with Crippen molar-refractivity contribution in [2.45, 2.75) is 13.0 Å². The fraction of sp³-hybridized carbons (Fsp3) is 0.286. The number of pyridine rings is 1. The summed E-state index contributed by atoms with van der Waals surface area (Å²) in [6.45, 7) is 1.17. The largest absolute Gasteiger partial charge is 0.350 e. The second-order valence-corrected chi connectivity index (χ2v) is 4.11. The highest BCUT2D eigenvalue weighted by molar-refractivity contribution is 5.86. The SMILES string of the molecule is CNCCC(=O)NCc1nccc2ccccc12.Cl.Cl. The van der Waals surface area contributed by atoms with Gasteiger partial charge in [-0.25, -0.2) is 0 Å². The topological polar surface area (TPSA) is 54.0 Å². The van der Waals surface area contributed by atoms with Gasteiger partial charge in [0.1, 0.15) is 0 Å². The number of rotatable bonds is 5. The molecule has 0 aliphatic rings. The molecule has 1 heterocycles. The van der Waals surface area contributed by atoms with Crippen molar-refractivity contribution in [2.75, 3.05) is 13.6 Å². The van der Waals surface area contributed by atoms with Crippen molar-refractivity contribution in [3.63, 3.8) is 0 Å². The lowest BCUT2D eigenvalue weighted by molar-refractivity contribution is -0.121. The van der Waals surface area contributed by atoms with Crippen LogP contribution in [-0.2, 0) is 11.3 Å². The molecule has 0 spiro atoms. The normalized spacial score (nSPS) is 9.45. The van der Waals surface area contributed by atoms with Crippen molar-refractivity contribution in [1.29, 1.82) is 0 Å². The third kappa shape index (κ3) is 4.96. The Kier molecular flexibility index (Phi) is 8.88. The molecular weight excluding hydrogens is 297 g/mol. The van der Waals surface area contributed by atoms with Gasteiger partial charge >= 0.3 is 0 Å². The van der Waals surface area contributed by atoms with Gasteiger partial charge in [0, 0.05) is 24.5 Å². The van der Waals surface area contributed by atoms with Crippen LogP contribution in [0.3, 0.4) is 0 Å². The highest BCUT2D eigenvalue weighted by Crippen LogP contribution is 2.15. The number of fused-ring (bicyclic) bond motifs is 1. The predicted octanol–water partition coefficient (Wildman–Crippen LogP) is 2.30. The molecule has 20 heavy (non-hydrogen) atoms. The van der Waals surface area contributed by atoms with Gasteiger partial charge in [-0.15, -0.1) is 24.8 Å². The fourth-order valence-corrected chi connectivity index (χ4v) is 1.83. The first kappa shape index (κ1) is 18.6. The lowest BCUT2D eigenvalue weighted by atomic mass is 10.1. The van der Waals surface area contributed by atoms with Crippen LogP contribution in [0, 0.1) is 0 Å². The molecular formula is C14H19Cl2N3O. The summed E-state index contributed by atoms with van der Waals surface area (Å²) in [5.41, 5.74) is 0.908. The molecule has 1 aromatic heterocycles. The molecule has 1 aromatic carbocycles. The van der Waals surface area contributed by atoms with Crippen LogP contribution >= 0.6 is 24.8 Å². The summed E-state index contributed by atoms with van der Waals surface area (Å²) in [7, 11) is 1.83. The van der Waals surface area contributed by atoms with Crippen LogP contribution in [0.25, 0.3) is 10.8 Å². The zero-order valence-electron chi connectivity index (χ0n) is 11.3. The van der Waals surface area contributed by atoms with Crippen LogP contribution in [0.15, 0.2) is 36.5 Å². The van der Waals surface area contributed by atoms with Gasteiger partial charge in [0.2, 0.25) is 5.91 Å². The molecule has 2 aromatic rings. The highest BCUT2D eigenvalue weighted by atomic mass is 35.5. The van der Waals surface area contributed by atoms with E-state index in [9.17, 15) is 4.79 Å². The van der Waals surface area contributed by atoms with E-state index in [1.807, 2.05) is 37.4 Å². The average molecular weight is 316 g/mol. The van der Waals surface area contributed by atoms with E-state index in [0.717, 1.165) is 16.5 Å². The Morgan fingerprint density at radius 1 is 1.20 bits per heavy atom. The molecule has 0 bridgehead atoms. The average Bonchev–Trinajstić information content (AvgIpc) is 2.42. The first-order valence-corrected chi connectivity index (χ1v) is 6.05. The standard InChI is InChI=1S/C14H17N3O.2ClH/c1-15-8-7-14(18)17-10-13-12-5-3-2-4-11(12)6-9-16-13;;/h2-6,9,15H,7-8,10H2,1H3,(H,17,18);2*1H. The lowest BCUT2D eigenvalue weighted by Crippen LogP contribution is -2.26. The number of nitrogens with zero attached hydrogens (tertiary/aromatic N) is 1. The van der Waals surface area contributed by atoms with Crippen molar-refractivity contribution in [3.8, 4) is 0 Å². The molecule has 2 rings (SSSR count). The van der Waals surface area contributed by atoms with E-state index in [2.05, 4.69) is 15.6 Å². The van der Waals surface area contributed by atoms with E-state index in [0.29, 0.717) is 19.5 Å². The maximum absolute atomic E-state index is 11.5. The number of aromatic nitrogens is 1. The number of nitrogens with one attached hydrogen (secondary N) is 2. The molecule has 0 fully saturated rings. The zero-order valence-corrected chi connectivity index (χ0v) is 12.9. The molecule has 0 radical (unpaired) electrons. The molecule has 6 heteroatoms. The van der Waals surface area contributed by atoms with E-state index in [-0.39, 0.29) is 30.7 Å². The van der Waals surface area contributed by atoms with Gasteiger partial charge in [-0.05, 0) is 18.5 Å². The summed E-state index contributed by atoms with van der Waals surface area (Å²) in [5, 5.41) is 8.07. The van der Waals surface area contributed by atoms with Gasteiger partial charge in [0.15, 0.2) is 0 Å².